The van der Waals surface area contributed by atoms with Crippen molar-refractivity contribution >= 4 is 6.02 Å². The monoisotopic (exact) mass is 363 g/mol. The van der Waals surface area contributed by atoms with Gasteiger partial charge in [0.05, 0.1) is 5.54 Å². The average Bonchev–Trinajstić information content (AvgIpc) is 2.60. The van der Waals surface area contributed by atoms with Crippen molar-refractivity contribution in [1.82, 2.24) is 4.98 Å². The molecule has 2 aliphatic rings. The number of amidine groups is 1. The van der Waals surface area contributed by atoms with Crippen LogP contribution in [0.25, 0.3) is 11.1 Å². The van der Waals surface area contributed by atoms with Gasteiger partial charge in [-0.15, -0.1) is 5.92 Å². The molecule has 0 radical (unpaired) electrons. The maximum Gasteiger partial charge on any atom is 0.283 e. The highest BCUT2D eigenvalue weighted by Crippen LogP contribution is 2.49. The van der Waals surface area contributed by atoms with Crippen molar-refractivity contribution < 1.29 is 9.13 Å². The highest BCUT2D eigenvalue weighted by molar-refractivity contribution is 5.74. The third-order valence-electron chi connectivity index (χ3n) is 5.50. The maximum absolute atomic E-state index is 14.8. The van der Waals surface area contributed by atoms with Crippen molar-refractivity contribution in [1.29, 1.82) is 0 Å². The summed E-state index contributed by atoms with van der Waals surface area (Å²) in [4.78, 5) is 8.75. The molecule has 2 N–H and O–H groups in total. The molecule has 1 unspecified atom stereocenters. The summed E-state index contributed by atoms with van der Waals surface area (Å²) in [7, 11) is 0. The van der Waals surface area contributed by atoms with E-state index < -0.39 is 5.54 Å². The first-order valence-electron chi connectivity index (χ1n) is 9.16. The number of hydrogen-bond donors (Lipinski definition) is 1. The fourth-order valence-corrected chi connectivity index (χ4v) is 4.12. The van der Waals surface area contributed by atoms with Gasteiger partial charge in [-0.05, 0) is 56.9 Å². The zero-order chi connectivity index (χ0) is 19.1. The Morgan fingerprint density at radius 2 is 2.00 bits per heavy atom. The molecular formula is C22H22FN3O. The van der Waals surface area contributed by atoms with Gasteiger partial charge in [0.2, 0.25) is 0 Å². The topological polar surface area (TPSA) is 60.5 Å². The number of aromatic nitrogens is 1. The van der Waals surface area contributed by atoms with Crippen LogP contribution in [0.2, 0.25) is 0 Å². The second-order valence-electron chi connectivity index (χ2n) is 7.57. The molecule has 0 amide bonds. The van der Waals surface area contributed by atoms with E-state index in [1.54, 1.807) is 25.4 Å². The molecule has 1 aromatic heterocycles. The third kappa shape index (κ3) is 3.16. The second-order valence-corrected chi connectivity index (χ2v) is 7.57. The molecule has 4 rings (SSSR count). The summed E-state index contributed by atoms with van der Waals surface area (Å²) < 4.78 is 20.6. The molecule has 1 aliphatic heterocycles. The zero-order valence-corrected chi connectivity index (χ0v) is 15.6. The van der Waals surface area contributed by atoms with Crippen LogP contribution in [0.4, 0.5) is 4.39 Å². The van der Waals surface area contributed by atoms with Crippen molar-refractivity contribution in [2.75, 3.05) is 0 Å². The Morgan fingerprint density at radius 3 is 2.70 bits per heavy atom. The molecule has 2 heterocycles. The van der Waals surface area contributed by atoms with Crippen LogP contribution >= 0.6 is 0 Å². The summed E-state index contributed by atoms with van der Waals surface area (Å²) in [6.45, 7) is 3.72. The Labute approximate surface area is 158 Å². The van der Waals surface area contributed by atoms with E-state index in [0.717, 1.165) is 36.0 Å². The maximum atomic E-state index is 14.8. The Balaban J connectivity index is 1.77. The molecule has 0 saturated heterocycles. The predicted octanol–water partition coefficient (Wildman–Crippen LogP) is 4.13. The summed E-state index contributed by atoms with van der Waals surface area (Å²) in [6, 6.07) is 7.20. The van der Waals surface area contributed by atoms with Gasteiger partial charge in [-0.3, -0.25) is 4.98 Å². The fraction of sp³-hybridized carbons (Fsp3) is 0.364. The van der Waals surface area contributed by atoms with Gasteiger partial charge in [0.1, 0.15) is 11.4 Å². The van der Waals surface area contributed by atoms with Crippen LogP contribution in [0, 0.1) is 17.7 Å². The van der Waals surface area contributed by atoms with Crippen LogP contribution in [0.1, 0.15) is 50.7 Å². The van der Waals surface area contributed by atoms with Crippen molar-refractivity contribution in [3.63, 3.8) is 0 Å². The van der Waals surface area contributed by atoms with Crippen LogP contribution < -0.4 is 5.73 Å². The van der Waals surface area contributed by atoms with Gasteiger partial charge < -0.3 is 10.5 Å². The lowest BCUT2D eigenvalue weighted by Crippen LogP contribution is -2.52. The highest BCUT2D eigenvalue weighted by Gasteiger charge is 2.50. The van der Waals surface area contributed by atoms with Crippen LogP contribution in [0.5, 0.6) is 0 Å². The molecule has 4 nitrogen and oxygen atoms in total. The average molecular weight is 363 g/mol. The molecule has 1 aliphatic carbocycles. The predicted molar refractivity (Wildman–Crippen MR) is 103 cm³/mol. The number of benzene rings is 1. The molecule has 1 aromatic carbocycles. The van der Waals surface area contributed by atoms with Crippen LogP contribution in [0.15, 0.2) is 41.7 Å². The lowest BCUT2D eigenvalue weighted by molar-refractivity contribution is -0.0583. The number of aliphatic imine (C=N–C) groups is 1. The minimum Gasteiger partial charge on any atom is -0.459 e. The smallest absolute Gasteiger partial charge is 0.283 e. The van der Waals surface area contributed by atoms with Gasteiger partial charge >= 0.3 is 0 Å². The van der Waals surface area contributed by atoms with Crippen molar-refractivity contribution in [3.8, 4) is 23.0 Å². The molecule has 2 aromatic rings. The Bertz CT molecular complexity index is 985. The summed E-state index contributed by atoms with van der Waals surface area (Å²) in [6.07, 6.45) is 7.07. The largest absolute Gasteiger partial charge is 0.459 e. The van der Waals surface area contributed by atoms with E-state index in [-0.39, 0.29) is 17.4 Å². The fourth-order valence-electron chi connectivity index (χ4n) is 4.12. The van der Waals surface area contributed by atoms with Crippen LogP contribution in [-0.2, 0) is 10.3 Å². The van der Waals surface area contributed by atoms with Crippen molar-refractivity contribution in [2.24, 2.45) is 10.7 Å². The quantitative estimate of drug-likeness (QED) is 0.816. The SMILES string of the molecule is CC#Cc1cncc(-c2ccc(F)c(C3(C)CC4(CCC4)OC(N)=N3)c2)c1. The van der Waals surface area contributed by atoms with Crippen LogP contribution in [-0.4, -0.2) is 16.6 Å². The van der Waals surface area contributed by atoms with E-state index in [1.165, 1.54) is 6.07 Å². The van der Waals surface area contributed by atoms with Crippen LogP contribution in [0.3, 0.4) is 0 Å². The van der Waals surface area contributed by atoms with Crippen molar-refractivity contribution in [2.45, 2.75) is 50.7 Å². The summed E-state index contributed by atoms with van der Waals surface area (Å²) in [5.41, 5.74) is 8.04. The van der Waals surface area contributed by atoms with Gasteiger partial charge in [-0.1, -0.05) is 12.0 Å². The standard InChI is InChI=1S/C22H22FN3O/c1-3-5-15-10-17(13-25-12-15)16-6-7-19(23)18(11-16)21(2)14-22(8-4-9-22)27-20(24)26-21/h6-7,10-13H,4,8-9,14H2,1-2H3,(H2,24,26). The van der Waals surface area contributed by atoms with E-state index in [4.69, 9.17) is 10.5 Å². The number of halogens is 1. The lowest BCUT2D eigenvalue weighted by Gasteiger charge is -2.48. The molecule has 138 valence electrons. The first-order valence-corrected chi connectivity index (χ1v) is 9.16. The zero-order valence-electron chi connectivity index (χ0n) is 15.6. The Kier molecular flexibility index (Phi) is 4.15. The summed E-state index contributed by atoms with van der Waals surface area (Å²) in [5, 5.41) is 0. The molecule has 0 bridgehead atoms. The Hall–Kier alpha value is -2.87. The molecule has 1 spiro atoms. The van der Waals surface area contributed by atoms with Gasteiger partial charge in [0.25, 0.3) is 6.02 Å². The van der Waals surface area contributed by atoms with E-state index in [9.17, 15) is 4.39 Å². The minimum atomic E-state index is -0.753. The number of nitrogens with zero attached hydrogens (tertiary/aromatic N) is 2. The summed E-state index contributed by atoms with van der Waals surface area (Å²) in [5.74, 6) is 5.59. The Morgan fingerprint density at radius 1 is 1.19 bits per heavy atom. The third-order valence-corrected chi connectivity index (χ3v) is 5.50. The van der Waals surface area contributed by atoms with Gasteiger partial charge in [0, 0.05) is 35.5 Å². The van der Waals surface area contributed by atoms with Crippen molar-refractivity contribution in [3.05, 3.63) is 53.6 Å². The lowest BCUT2D eigenvalue weighted by atomic mass is 9.69. The first-order chi connectivity index (χ1) is 12.9. The van der Waals surface area contributed by atoms with E-state index in [1.807, 2.05) is 19.1 Å². The van der Waals surface area contributed by atoms with E-state index >= 15 is 0 Å². The van der Waals surface area contributed by atoms with Gasteiger partial charge in [-0.25, -0.2) is 9.38 Å². The number of pyridine rings is 1. The molecular weight excluding hydrogens is 341 g/mol. The highest BCUT2D eigenvalue weighted by atomic mass is 19.1. The van der Waals surface area contributed by atoms with Gasteiger partial charge in [0.15, 0.2) is 0 Å². The summed E-state index contributed by atoms with van der Waals surface area (Å²) >= 11 is 0. The number of rotatable bonds is 2. The van der Waals surface area contributed by atoms with E-state index in [0.29, 0.717) is 12.0 Å². The minimum absolute atomic E-state index is 0.148. The molecule has 1 saturated carbocycles. The molecule has 27 heavy (non-hydrogen) atoms. The van der Waals surface area contributed by atoms with Gasteiger partial charge in [-0.2, -0.15) is 0 Å². The first kappa shape index (κ1) is 17.5. The van der Waals surface area contributed by atoms with E-state index in [2.05, 4.69) is 21.8 Å². The number of hydrogen-bond acceptors (Lipinski definition) is 4. The second kappa shape index (κ2) is 6.38. The molecule has 1 atom stereocenters. The number of nitrogens with two attached hydrogens (primary N) is 1. The number of ether oxygens (including phenoxy) is 1. The molecule has 1 fully saturated rings. The normalized spacial score (nSPS) is 22.9. The molecule has 5 heteroatoms.